The lowest BCUT2D eigenvalue weighted by molar-refractivity contribution is 0.0895. The van der Waals surface area contributed by atoms with Crippen molar-refractivity contribution >= 4 is 15.9 Å². The molecule has 90 valence electrons. The van der Waals surface area contributed by atoms with Crippen LogP contribution in [-0.4, -0.2) is 13.7 Å². The number of methoxy groups -OCH3 is 1. The second-order valence-corrected chi connectivity index (χ2v) is 4.90. The third-order valence-corrected chi connectivity index (χ3v) is 3.09. The maximum atomic E-state index is 5.67. The van der Waals surface area contributed by atoms with Gasteiger partial charge in [0.25, 0.3) is 0 Å². The largest absolute Gasteiger partial charge is 0.496 e. The molecule has 1 atom stereocenters. The van der Waals surface area contributed by atoms with Crippen molar-refractivity contribution in [2.24, 2.45) is 5.92 Å². The Labute approximate surface area is 106 Å². The second kappa shape index (κ2) is 6.92. The van der Waals surface area contributed by atoms with Gasteiger partial charge in [0, 0.05) is 16.6 Å². The van der Waals surface area contributed by atoms with Gasteiger partial charge in [-0.1, -0.05) is 36.2 Å². The molecule has 0 aliphatic rings. The van der Waals surface area contributed by atoms with Crippen molar-refractivity contribution in [2.45, 2.75) is 26.9 Å². The van der Waals surface area contributed by atoms with Crippen molar-refractivity contribution in [2.75, 3.05) is 13.7 Å². The monoisotopic (exact) mass is 286 g/mol. The molecule has 0 saturated carbocycles. The molecule has 0 fully saturated rings. The normalized spacial score (nSPS) is 12.5. The predicted octanol–water partition coefficient (Wildman–Crippen LogP) is 4.02. The molecule has 0 heterocycles. The lowest BCUT2D eigenvalue weighted by Gasteiger charge is -2.12. The minimum absolute atomic E-state index is 0.604. The van der Waals surface area contributed by atoms with Gasteiger partial charge in [-0.2, -0.15) is 0 Å². The van der Waals surface area contributed by atoms with Crippen LogP contribution >= 0.6 is 15.9 Å². The SMILES string of the molecule is CCC(C)COCc1cc(Br)ccc1OC. The molecular weight excluding hydrogens is 268 g/mol. The zero-order valence-electron chi connectivity index (χ0n) is 10.1. The summed E-state index contributed by atoms with van der Waals surface area (Å²) in [5.41, 5.74) is 1.08. The fraction of sp³-hybridized carbons (Fsp3) is 0.538. The highest BCUT2D eigenvalue weighted by Gasteiger charge is 2.05. The average molecular weight is 287 g/mol. The van der Waals surface area contributed by atoms with E-state index < -0.39 is 0 Å². The Morgan fingerprint density at radius 2 is 2.12 bits per heavy atom. The number of benzene rings is 1. The first-order chi connectivity index (χ1) is 7.67. The summed E-state index contributed by atoms with van der Waals surface area (Å²) in [6.07, 6.45) is 1.15. The molecule has 0 bridgehead atoms. The Morgan fingerprint density at radius 3 is 2.75 bits per heavy atom. The zero-order valence-corrected chi connectivity index (χ0v) is 11.7. The fourth-order valence-corrected chi connectivity index (χ4v) is 1.76. The van der Waals surface area contributed by atoms with Crippen LogP contribution in [0.2, 0.25) is 0 Å². The lowest BCUT2D eigenvalue weighted by atomic mass is 10.1. The lowest BCUT2D eigenvalue weighted by Crippen LogP contribution is -2.05. The number of rotatable bonds is 6. The van der Waals surface area contributed by atoms with E-state index in [1.165, 1.54) is 0 Å². The Kier molecular flexibility index (Phi) is 5.85. The molecule has 2 nitrogen and oxygen atoms in total. The molecule has 1 unspecified atom stereocenters. The minimum atomic E-state index is 0.604. The molecule has 1 aromatic rings. The van der Waals surface area contributed by atoms with Crippen LogP contribution in [0.5, 0.6) is 5.75 Å². The van der Waals surface area contributed by atoms with Crippen LogP contribution in [-0.2, 0) is 11.3 Å². The van der Waals surface area contributed by atoms with Crippen LogP contribution in [0, 0.1) is 5.92 Å². The van der Waals surface area contributed by atoms with Gasteiger partial charge in [0.15, 0.2) is 0 Å². The van der Waals surface area contributed by atoms with Gasteiger partial charge in [0.1, 0.15) is 5.75 Å². The maximum Gasteiger partial charge on any atom is 0.124 e. The minimum Gasteiger partial charge on any atom is -0.496 e. The van der Waals surface area contributed by atoms with Gasteiger partial charge in [-0.05, 0) is 24.1 Å². The van der Waals surface area contributed by atoms with Gasteiger partial charge in [-0.25, -0.2) is 0 Å². The van der Waals surface area contributed by atoms with Crippen molar-refractivity contribution < 1.29 is 9.47 Å². The fourth-order valence-electron chi connectivity index (χ4n) is 1.35. The molecule has 0 radical (unpaired) electrons. The van der Waals surface area contributed by atoms with Gasteiger partial charge in [0.05, 0.1) is 13.7 Å². The number of halogens is 1. The quantitative estimate of drug-likeness (QED) is 0.786. The Bertz CT molecular complexity index is 326. The van der Waals surface area contributed by atoms with Gasteiger partial charge in [-0.3, -0.25) is 0 Å². The summed E-state index contributed by atoms with van der Waals surface area (Å²) in [5.74, 6) is 1.49. The predicted molar refractivity (Wildman–Crippen MR) is 69.8 cm³/mol. The molecule has 16 heavy (non-hydrogen) atoms. The highest BCUT2D eigenvalue weighted by atomic mass is 79.9. The van der Waals surface area contributed by atoms with Crippen molar-refractivity contribution in [1.82, 2.24) is 0 Å². The van der Waals surface area contributed by atoms with Crippen molar-refractivity contribution in [1.29, 1.82) is 0 Å². The van der Waals surface area contributed by atoms with Gasteiger partial charge in [0.2, 0.25) is 0 Å². The number of hydrogen-bond donors (Lipinski definition) is 0. The van der Waals surface area contributed by atoms with E-state index in [-0.39, 0.29) is 0 Å². The molecule has 0 aliphatic carbocycles. The van der Waals surface area contributed by atoms with Crippen LogP contribution < -0.4 is 4.74 Å². The van der Waals surface area contributed by atoms with E-state index in [1.54, 1.807) is 7.11 Å². The van der Waals surface area contributed by atoms with Crippen LogP contribution in [0.25, 0.3) is 0 Å². The molecule has 0 aromatic heterocycles. The van der Waals surface area contributed by atoms with Crippen LogP contribution in [0.4, 0.5) is 0 Å². The summed E-state index contributed by atoms with van der Waals surface area (Å²) < 4.78 is 12.0. The second-order valence-electron chi connectivity index (χ2n) is 3.98. The highest BCUT2D eigenvalue weighted by Crippen LogP contribution is 2.23. The molecule has 0 amide bonds. The molecule has 0 saturated heterocycles. The van der Waals surface area contributed by atoms with E-state index in [0.29, 0.717) is 12.5 Å². The van der Waals surface area contributed by atoms with E-state index >= 15 is 0 Å². The van der Waals surface area contributed by atoms with E-state index in [1.807, 2.05) is 18.2 Å². The van der Waals surface area contributed by atoms with Crippen molar-refractivity contribution in [3.05, 3.63) is 28.2 Å². The molecule has 0 N–H and O–H groups in total. The Morgan fingerprint density at radius 1 is 1.38 bits per heavy atom. The Balaban J connectivity index is 2.55. The van der Waals surface area contributed by atoms with Crippen molar-refractivity contribution in [3.8, 4) is 5.75 Å². The third-order valence-electron chi connectivity index (χ3n) is 2.60. The standard InChI is InChI=1S/C13H19BrO2/c1-4-10(2)8-16-9-11-7-12(14)5-6-13(11)15-3/h5-7,10H,4,8-9H2,1-3H3. The van der Waals surface area contributed by atoms with E-state index in [0.717, 1.165) is 28.8 Å². The third kappa shape index (κ3) is 4.14. The van der Waals surface area contributed by atoms with E-state index in [2.05, 4.69) is 29.8 Å². The average Bonchev–Trinajstić information content (AvgIpc) is 2.29. The summed E-state index contributed by atoms with van der Waals surface area (Å²) in [5, 5.41) is 0. The first kappa shape index (κ1) is 13.5. The maximum absolute atomic E-state index is 5.67. The smallest absolute Gasteiger partial charge is 0.124 e. The highest BCUT2D eigenvalue weighted by molar-refractivity contribution is 9.10. The first-order valence-corrected chi connectivity index (χ1v) is 6.36. The summed E-state index contributed by atoms with van der Waals surface area (Å²) in [4.78, 5) is 0. The molecule has 0 spiro atoms. The summed E-state index contributed by atoms with van der Waals surface area (Å²) in [6, 6.07) is 5.96. The summed E-state index contributed by atoms with van der Waals surface area (Å²) in [6.45, 7) is 5.77. The van der Waals surface area contributed by atoms with Gasteiger partial charge < -0.3 is 9.47 Å². The van der Waals surface area contributed by atoms with Crippen LogP contribution in [0.1, 0.15) is 25.8 Å². The summed E-state index contributed by atoms with van der Waals surface area (Å²) >= 11 is 3.45. The molecular formula is C13H19BrO2. The van der Waals surface area contributed by atoms with E-state index in [9.17, 15) is 0 Å². The number of ether oxygens (including phenoxy) is 2. The van der Waals surface area contributed by atoms with Gasteiger partial charge >= 0.3 is 0 Å². The molecule has 1 aromatic carbocycles. The zero-order chi connectivity index (χ0) is 12.0. The van der Waals surface area contributed by atoms with Crippen molar-refractivity contribution in [3.63, 3.8) is 0 Å². The van der Waals surface area contributed by atoms with E-state index in [4.69, 9.17) is 9.47 Å². The van der Waals surface area contributed by atoms with Gasteiger partial charge in [-0.15, -0.1) is 0 Å². The molecule has 1 rings (SSSR count). The first-order valence-electron chi connectivity index (χ1n) is 5.57. The van der Waals surface area contributed by atoms with Crippen LogP contribution in [0.15, 0.2) is 22.7 Å². The summed E-state index contributed by atoms with van der Waals surface area (Å²) in [7, 11) is 1.68. The topological polar surface area (TPSA) is 18.5 Å². The number of hydrogen-bond acceptors (Lipinski definition) is 2. The Hall–Kier alpha value is -0.540. The van der Waals surface area contributed by atoms with Crippen LogP contribution in [0.3, 0.4) is 0 Å². The molecule has 0 aliphatic heterocycles. The molecule has 3 heteroatoms.